The highest BCUT2D eigenvalue weighted by molar-refractivity contribution is 7.26. The molecule has 55 heavy (non-hydrogen) atoms. The number of hydrogen-bond acceptors (Lipinski definition) is 3. The fourth-order valence-electron chi connectivity index (χ4n) is 7.82. The third-order valence-electron chi connectivity index (χ3n) is 10.5. The number of fused-ring (bicyclic) bond motifs is 8. The van der Waals surface area contributed by atoms with Gasteiger partial charge in [-0.05, 0) is 82.2 Å². The minimum Gasteiger partial charge on any atom is -0.455 e. The van der Waals surface area contributed by atoms with Crippen molar-refractivity contribution in [2.45, 2.75) is 0 Å². The Kier molecular flexibility index (Phi) is 8.20. The molecule has 0 atom stereocenters. The number of hydrogen-bond donors (Lipinski definition) is 0. The number of furan rings is 1. The minimum atomic E-state index is 0.889. The highest BCUT2D eigenvalue weighted by Gasteiger charge is 2.19. The number of nitrogens with zero attached hydrogens (tertiary/aromatic N) is 1. The van der Waals surface area contributed by atoms with Gasteiger partial charge in [-0.15, -0.1) is 11.3 Å². The van der Waals surface area contributed by atoms with E-state index in [0.717, 1.165) is 61.1 Å². The first-order valence-electron chi connectivity index (χ1n) is 18.5. The zero-order valence-electron chi connectivity index (χ0n) is 30.0. The maximum absolute atomic E-state index is 6.49. The van der Waals surface area contributed by atoms with Crippen molar-refractivity contribution >= 4 is 87.4 Å². The van der Waals surface area contributed by atoms with Crippen molar-refractivity contribution in [2.75, 3.05) is 4.90 Å². The summed E-state index contributed by atoms with van der Waals surface area (Å²) in [5, 5.41) is 7.17. The number of para-hydroxylation sites is 1. The summed E-state index contributed by atoms with van der Waals surface area (Å²) in [6, 6.07) is 61.2. The van der Waals surface area contributed by atoms with Crippen molar-refractivity contribution in [3.8, 4) is 22.3 Å². The van der Waals surface area contributed by atoms with Crippen LogP contribution in [-0.4, -0.2) is 0 Å². The average molecular weight is 722 g/mol. The van der Waals surface area contributed by atoms with Crippen LogP contribution in [0.5, 0.6) is 0 Å². The van der Waals surface area contributed by atoms with Crippen LogP contribution in [-0.2, 0) is 0 Å². The first-order valence-corrected chi connectivity index (χ1v) is 19.4. The summed E-state index contributed by atoms with van der Waals surface area (Å²) in [6.07, 6.45) is 9.86. The lowest BCUT2D eigenvalue weighted by Gasteiger charge is -2.28. The molecule has 0 saturated heterocycles. The molecule has 8 aromatic carbocycles. The third-order valence-corrected chi connectivity index (χ3v) is 11.7. The van der Waals surface area contributed by atoms with E-state index in [4.69, 9.17) is 4.42 Å². The summed E-state index contributed by atoms with van der Waals surface area (Å²) in [5.74, 6) is 0. The van der Waals surface area contributed by atoms with Gasteiger partial charge in [0.25, 0.3) is 0 Å². The summed E-state index contributed by atoms with van der Waals surface area (Å²) in [7, 11) is 0. The van der Waals surface area contributed by atoms with Crippen molar-refractivity contribution in [2.24, 2.45) is 0 Å². The monoisotopic (exact) mass is 721 g/mol. The van der Waals surface area contributed by atoms with Gasteiger partial charge in [-0.1, -0.05) is 152 Å². The molecule has 0 aliphatic heterocycles. The van der Waals surface area contributed by atoms with Crippen LogP contribution >= 0.6 is 11.3 Å². The molecule has 0 saturated carbocycles. The second kappa shape index (κ2) is 13.8. The van der Waals surface area contributed by atoms with E-state index in [0.29, 0.717) is 0 Å². The van der Waals surface area contributed by atoms with E-state index < -0.39 is 0 Å². The smallest absolute Gasteiger partial charge is 0.143 e. The number of benzene rings is 8. The first-order chi connectivity index (χ1) is 27.2. The molecule has 0 spiro atoms. The van der Waals surface area contributed by atoms with Gasteiger partial charge in [-0.3, -0.25) is 0 Å². The summed E-state index contributed by atoms with van der Waals surface area (Å²) in [4.78, 5) is 2.37. The largest absolute Gasteiger partial charge is 0.455 e. The Labute approximate surface area is 323 Å². The van der Waals surface area contributed by atoms with E-state index in [1.165, 1.54) is 36.7 Å². The molecule has 0 N–H and O–H groups in total. The summed E-state index contributed by atoms with van der Waals surface area (Å²) < 4.78 is 9.13. The predicted octanol–water partition coefficient (Wildman–Crippen LogP) is 15.7. The second-order valence-corrected chi connectivity index (χ2v) is 14.8. The molecule has 2 nitrogen and oxygen atoms in total. The lowest BCUT2D eigenvalue weighted by atomic mass is 9.98. The fraction of sp³-hybridized carbons (Fsp3) is 0. The lowest BCUT2D eigenvalue weighted by molar-refractivity contribution is 0.672. The minimum absolute atomic E-state index is 0.889. The Morgan fingerprint density at radius 2 is 1.22 bits per heavy atom. The van der Waals surface area contributed by atoms with Crippen LogP contribution in [0.1, 0.15) is 5.56 Å². The van der Waals surface area contributed by atoms with Gasteiger partial charge in [0, 0.05) is 53.3 Å². The van der Waals surface area contributed by atoms with Gasteiger partial charge >= 0.3 is 0 Å². The molecule has 0 amide bonds. The number of thiophene rings is 1. The Bertz CT molecular complexity index is 3100. The zero-order valence-corrected chi connectivity index (χ0v) is 30.8. The summed E-state index contributed by atoms with van der Waals surface area (Å²) >= 11 is 1.87. The Hall–Kier alpha value is -6.94. The van der Waals surface area contributed by atoms with Crippen molar-refractivity contribution in [3.05, 3.63) is 206 Å². The first kappa shape index (κ1) is 32.7. The molecule has 0 aliphatic rings. The van der Waals surface area contributed by atoms with E-state index in [1.54, 1.807) is 6.08 Å². The van der Waals surface area contributed by atoms with Gasteiger partial charge < -0.3 is 9.32 Å². The van der Waals surface area contributed by atoms with Crippen LogP contribution in [0.25, 0.3) is 81.2 Å². The van der Waals surface area contributed by atoms with Crippen LogP contribution in [0.15, 0.2) is 205 Å². The highest BCUT2D eigenvalue weighted by atomic mass is 32.1. The molecule has 10 rings (SSSR count). The molecular formula is C52H35NOS. The topological polar surface area (TPSA) is 16.4 Å². The summed E-state index contributed by atoms with van der Waals surface area (Å²) in [6.45, 7) is 3.77. The predicted molar refractivity (Wildman–Crippen MR) is 238 cm³/mol. The molecule has 0 radical (unpaired) electrons. The van der Waals surface area contributed by atoms with Crippen molar-refractivity contribution in [3.63, 3.8) is 0 Å². The molecule has 0 bridgehead atoms. The molecule has 10 aromatic rings. The molecular weight excluding hydrogens is 687 g/mol. The quantitative estimate of drug-likeness (QED) is 0.145. The maximum atomic E-state index is 6.49. The van der Waals surface area contributed by atoms with E-state index in [1.807, 2.05) is 29.6 Å². The van der Waals surface area contributed by atoms with Gasteiger partial charge in [0.2, 0.25) is 0 Å². The van der Waals surface area contributed by atoms with Crippen LogP contribution in [0.4, 0.5) is 17.1 Å². The lowest BCUT2D eigenvalue weighted by Crippen LogP contribution is -2.11. The van der Waals surface area contributed by atoms with Crippen molar-refractivity contribution in [1.82, 2.24) is 0 Å². The highest BCUT2D eigenvalue weighted by Crippen LogP contribution is 2.45. The molecule has 3 heteroatoms. The normalized spacial score (nSPS) is 11.9. The number of anilines is 3. The van der Waals surface area contributed by atoms with Gasteiger partial charge in [0.05, 0.1) is 5.69 Å². The van der Waals surface area contributed by atoms with E-state index >= 15 is 0 Å². The van der Waals surface area contributed by atoms with E-state index in [9.17, 15) is 0 Å². The second-order valence-electron chi connectivity index (χ2n) is 13.7. The van der Waals surface area contributed by atoms with Gasteiger partial charge in [0.15, 0.2) is 0 Å². The van der Waals surface area contributed by atoms with Gasteiger partial charge in [-0.25, -0.2) is 0 Å². The fourth-order valence-corrected chi connectivity index (χ4v) is 9.06. The van der Waals surface area contributed by atoms with Crippen LogP contribution in [0.2, 0.25) is 0 Å². The van der Waals surface area contributed by atoms with Crippen LogP contribution < -0.4 is 4.90 Å². The van der Waals surface area contributed by atoms with Gasteiger partial charge in [0.1, 0.15) is 11.2 Å². The standard InChI is InChI=1S/C52H35NOS/c1-2-3-4-5-13-35-22-28-39(29-23-35)53(40-30-24-37(25-31-40)43-18-12-19-46-44-17-9-11-21-50(44)55-52(43)46)48-20-10-8-15-41(48)38-27-33-49-47(34-38)45-32-26-36-14-6-7-16-42(36)51(45)54-49/h2-34H,1H2/b4-3-,13-5+. The van der Waals surface area contributed by atoms with Crippen molar-refractivity contribution in [1.29, 1.82) is 0 Å². The Morgan fingerprint density at radius 1 is 0.509 bits per heavy atom. The maximum Gasteiger partial charge on any atom is 0.143 e. The Morgan fingerprint density at radius 3 is 2.07 bits per heavy atom. The van der Waals surface area contributed by atoms with E-state index in [2.05, 4.69) is 187 Å². The summed E-state index contributed by atoms with van der Waals surface area (Å²) in [5.41, 5.74) is 10.9. The van der Waals surface area contributed by atoms with Crippen LogP contribution in [0, 0.1) is 0 Å². The Balaban J connectivity index is 1.10. The molecule has 0 unspecified atom stereocenters. The number of allylic oxidation sites excluding steroid dienone is 4. The SMILES string of the molecule is C=C/C=C\C=C\c1ccc(N(c2ccc(-c3cccc4c3sc3ccccc34)cc2)c2ccccc2-c2ccc3oc4c5ccccc5ccc4c3c2)cc1. The van der Waals surface area contributed by atoms with Crippen molar-refractivity contribution < 1.29 is 4.42 Å². The number of rotatable bonds is 8. The molecule has 0 aliphatic carbocycles. The molecule has 2 heterocycles. The third kappa shape index (κ3) is 5.83. The molecule has 0 fully saturated rings. The van der Waals surface area contributed by atoms with Gasteiger partial charge in [-0.2, -0.15) is 0 Å². The van der Waals surface area contributed by atoms with Crippen LogP contribution in [0.3, 0.4) is 0 Å². The van der Waals surface area contributed by atoms with E-state index in [-0.39, 0.29) is 0 Å². The average Bonchev–Trinajstić information content (AvgIpc) is 3.82. The molecule has 2 aromatic heterocycles. The molecule has 260 valence electrons. The zero-order chi connectivity index (χ0) is 36.7.